The molecule has 0 saturated heterocycles. The molecule has 2 rings (SSSR count). The minimum Gasteiger partial charge on any atom is -0.355 e. The van der Waals surface area contributed by atoms with Crippen molar-refractivity contribution in [3.8, 4) is 12.1 Å². The van der Waals surface area contributed by atoms with E-state index in [4.69, 9.17) is 0 Å². The molecule has 152 valence electrons. The molecule has 29 heavy (non-hydrogen) atoms. The molecule has 1 aromatic carbocycles. The van der Waals surface area contributed by atoms with Gasteiger partial charge in [0.2, 0.25) is 11.8 Å². The van der Waals surface area contributed by atoms with Crippen LogP contribution >= 0.6 is 11.8 Å². The average molecular weight is 411 g/mol. The standard InChI is InChI=1S/C22H26N4O2S/c1-14(2)16-7-5-15(6-8-16)9-10-25-19(27)13-29-21-18(12-24)22(3,4)17(11-23)20(28)26-21/h5-8,14,17H,9-10,13H2,1-4H3,(H,25,27)(H,26,28)/t17-/m1/s1. The molecule has 2 N–H and O–H groups in total. The second-order valence-electron chi connectivity index (χ2n) is 7.87. The zero-order chi connectivity index (χ0) is 21.6. The summed E-state index contributed by atoms with van der Waals surface area (Å²) in [5.41, 5.74) is 1.87. The van der Waals surface area contributed by atoms with Crippen LogP contribution < -0.4 is 10.6 Å². The van der Waals surface area contributed by atoms with E-state index in [0.717, 1.165) is 23.7 Å². The largest absolute Gasteiger partial charge is 0.355 e. The molecule has 0 aliphatic carbocycles. The lowest BCUT2D eigenvalue weighted by Gasteiger charge is -2.34. The van der Waals surface area contributed by atoms with E-state index in [1.54, 1.807) is 13.8 Å². The molecule has 0 spiro atoms. The molecular weight excluding hydrogens is 384 g/mol. The third-order valence-electron chi connectivity index (χ3n) is 5.06. The van der Waals surface area contributed by atoms with Gasteiger partial charge in [0, 0.05) is 12.0 Å². The molecule has 0 saturated carbocycles. The summed E-state index contributed by atoms with van der Waals surface area (Å²) < 4.78 is 0. The van der Waals surface area contributed by atoms with E-state index in [0.29, 0.717) is 23.1 Å². The summed E-state index contributed by atoms with van der Waals surface area (Å²) in [6.45, 7) is 8.21. The summed E-state index contributed by atoms with van der Waals surface area (Å²) in [7, 11) is 0. The van der Waals surface area contributed by atoms with Crippen LogP contribution in [0.2, 0.25) is 0 Å². The second kappa shape index (κ2) is 9.62. The predicted octanol–water partition coefficient (Wildman–Crippen LogP) is 3.23. The van der Waals surface area contributed by atoms with Gasteiger partial charge in [-0.25, -0.2) is 0 Å². The smallest absolute Gasteiger partial charge is 0.243 e. The minimum absolute atomic E-state index is 0.0837. The van der Waals surface area contributed by atoms with Crippen molar-refractivity contribution < 1.29 is 9.59 Å². The van der Waals surface area contributed by atoms with E-state index in [1.807, 2.05) is 6.07 Å². The third kappa shape index (κ3) is 5.40. The molecule has 0 fully saturated rings. The Hall–Kier alpha value is -2.77. The highest BCUT2D eigenvalue weighted by molar-refractivity contribution is 8.03. The van der Waals surface area contributed by atoms with Crippen LogP contribution in [0.5, 0.6) is 0 Å². The SMILES string of the molecule is CC(C)c1ccc(CCNC(=O)CSC2=C(C#N)C(C)(C)[C@H](C#N)C(=O)N2)cc1. The number of nitrogens with one attached hydrogen (secondary N) is 2. The summed E-state index contributed by atoms with van der Waals surface area (Å²) in [4.78, 5) is 24.3. The number of nitrogens with zero attached hydrogens (tertiary/aromatic N) is 2. The van der Waals surface area contributed by atoms with Gasteiger partial charge in [-0.05, 0) is 23.5 Å². The molecule has 1 heterocycles. The zero-order valence-corrected chi connectivity index (χ0v) is 18.0. The second-order valence-corrected chi connectivity index (χ2v) is 8.86. The first-order valence-electron chi connectivity index (χ1n) is 9.54. The third-order valence-corrected chi connectivity index (χ3v) is 6.06. The number of hydrogen-bond acceptors (Lipinski definition) is 5. The normalized spacial score (nSPS) is 18.0. The van der Waals surface area contributed by atoms with Crippen molar-refractivity contribution in [2.24, 2.45) is 11.3 Å². The number of nitriles is 2. The summed E-state index contributed by atoms with van der Waals surface area (Å²) in [6.07, 6.45) is 0.731. The highest BCUT2D eigenvalue weighted by Crippen LogP contribution is 2.41. The van der Waals surface area contributed by atoms with Crippen LogP contribution in [0.25, 0.3) is 0 Å². The van der Waals surface area contributed by atoms with Gasteiger partial charge in [-0.1, -0.05) is 63.7 Å². The first-order chi connectivity index (χ1) is 13.7. The van der Waals surface area contributed by atoms with Crippen LogP contribution in [0, 0.1) is 34.0 Å². The number of carbonyl (C=O) groups excluding carboxylic acids is 2. The topological polar surface area (TPSA) is 106 Å². The van der Waals surface area contributed by atoms with E-state index in [9.17, 15) is 20.1 Å². The maximum atomic E-state index is 12.2. The molecular formula is C22H26N4O2S. The number of carbonyl (C=O) groups is 2. The van der Waals surface area contributed by atoms with Crippen LogP contribution in [0.4, 0.5) is 0 Å². The quantitative estimate of drug-likeness (QED) is 0.718. The molecule has 0 bridgehead atoms. The summed E-state index contributed by atoms with van der Waals surface area (Å²) in [6, 6.07) is 12.4. The first kappa shape index (κ1) is 22.5. The van der Waals surface area contributed by atoms with Crippen molar-refractivity contribution in [3.63, 3.8) is 0 Å². The predicted molar refractivity (Wildman–Crippen MR) is 113 cm³/mol. The van der Waals surface area contributed by atoms with Gasteiger partial charge in [-0.15, -0.1) is 0 Å². The molecule has 1 aromatic rings. The van der Waals surface area contributed by atoms with Crippen LogP contribution in [-0.4, -0.2) is 24.1 Å². The Morgan fingerprint density at radius 2 is 1.93 bits per heavy atom. The van der Waals surface area contributed by atoms with Crippen LogP contribution in [0.3, 0.4) is 0 Å². The van der Waals surface area contributed by atoms with Crippen molar-refractivity contribution >= 4 is 23.6 Å². The van der Waals surface area contributed by atoms with E-state index in [1.165, 1.54) is 5.56 Å². The summed E-state index contributed by atoms with van der Waals surface area (Å²) >= 11 is 1.11. The highest BCUT2D eigenvalue weighted by atomic mass is 32.2. The number of hydrogen-bond donors (Lipinski definition) is 2. The maximum absolute atomic E-state index is 12.2. The van der Waals surface area contributed by atoms with Gasteiger partial charge in [-0.3, -0.25) is 9.59 Å². The van der Waals surface area contributed by atoms with Crippen molar-refractivity contribution in [2.45, 2.75) is 40.0 Å². The molecule has 2 amide bonds. The van der Waals surface area contributed by atoms with Gasteiger partial charge < -0.3 is 10.6 Å². The Morgan fingerprint density at radius 3 is 2.48 bits per heavy atom. The van der Waals surface area contributed by atoms with Gasteiger partial charge in [-0.2, -0.15) is 10.5 Å². The highest BCUT2D eigenvalue weighted by Gasteiger charge is 2.44. The number of thioether (sulfide) groups is 1. The van der Waals surface area contributed by atoms with E-state index < -0.39 is 17.2 Å². The minimum atomic E-state index is -0.933. The van der Waals surface area contributed by atoms with E-state index >= 15 is 0 Å². The van der Waals surface area contributed by atoms with Crippen LogP contribution in [0.15, 0.2) is 34.9 Å². The molecule has 0 unspecified atom stereocenters. The van der Waals surface area contributed by atoms with E-state index in [2.05, 4.69) is 54.8 Å². The lowest BCUT2D eigenvalue weighted by Crippen LogP contribution is -2.44. The Balaban J connectivity index is 1.90. The number of benzene rings is 1. The lowest BCUT2D eigenvalue weighted by atomic mass is 9.72. The first-order valence-corrected chi connectivity index (χ1v) is 10.5. The van der Waals surface area contributed by atoms with Gasteiger partial charge in [0.25, 0.3) is 0 Å². The molecule has 7 heteroatoms. The molecule has 1 atom stereocenters. The number of rotatable bonds is 7. The Labute approximate surface area is 176 Å². The maximum Gasteiger partial charge on any atom is 0.243 e. The fourth-order valence-electron chi connectivity index (χ4n) is 3.14. The molecule has 1 aliphatic heterocycles. The Morgan fingerprint density at radius 1 is 1.28 bits per heavy atom. The summed E-state index contributed by atoms with van der Waals surface area (Å²) in [5.74, 6) is -0.975. The Bertz CT molecular complexity index is 889. The van der Waals surface area contributed by atoms with Crippen molar-refractivity contribution in [3.05, 3.63) is 46.0 Å². The number of allylic oxidation sites excluding steroid dienone is 1. The van der Waals surface area contributed by atoms with Crippen molar-refractivity contribution in [1.29, 1.82) is 10.5 Å². The van der Waals surface area contributed by atoms with Gasteiger partial charge in [0.1, 0.15) is 5.92 Å². The van der Waals surface area contributed by atoms with Crippen molar-refractivity contribution in [1.82, 2.24) is 10.6 Å². The number of amides is 2. The fourth-order valence-corrected chi connectivity index (χ4v) is 4.14. The van der Waals surface area contributed by atoms with E-state index in [-0.39, 0.29) is 11.7 Å². The van der Waals surface area contributed by atoms with Gasteiger partial charge in [0.05, 0.1) is 28.5 Å². The zero-order valence-electron chi connectivity index (χ0n) is 17.2. The lowest BCUT2D eigenvalue weighted by molar-refractivity contribution is -0.125. The van der Waals surface area contributed by atoms with Crippen LogP contribution in [0.1, 0.15) is 44.7 Å². The van der Waals surface area contributed by atoms with Crippen LogP contribution in [-0.2, 0) is 16.0 Å². The van der Waals surface area contributed by atoms with Gasteiger partial charge >= 0.3 is 0 Å². The molecule has 0 aromatic heterocycles. The van der Waals surface area contributed by atoms with Gasteiger partial charge in [0.15, 0.2) is 0 Å². The molecule has 6 nitrogen and oxygen atoms in total. The average Bonchev–Trinajstić information content (AvgIpc) is 2.66. The Kier molecular flexibility index (Phi) is 7.47. The molecule has 1 aliphatic rings. The summed E-state index contributed by atoms with van der Waals surface area (Å²) in [5, 5.41) is 24.6. The molecule has 0 radical (unpaired) electrons. The monoisotopic (exact) mass is 410 g/mol. The van der Waals surface area contributed by atoms with Crippen molar-refractivity contribution in [2.75, 3.05) is 12.3 Å². The fraction of sp³-hybridized carbons (Fsp3) is 0.455.